The number of anilines is 1. The molecule has 0 atom stereocenters. The highest BCUT2D eigenvalue weighted by Gasteiger charge is 2.06. The van der Waals surface area contributed by atoms with Gasteiger partial charge in [-0.25, -0.2) is 5.10 Å². The Morgan fingerprint density at radius 2 is 2.17 bits per heavy atom. The number of aromatic nitrogens is 2. The molecule has 0 radical (unpaired) electrons. The monoisotopic (exact) mass is 347 g/mol. The molecule has 2 aromatic rings. The Kier molecular flexibility index (Phi) is 4.27. The first-order chi connectivity index (χ1) is 8.58. The summed E-state index contributed by atoms with van der Waals surface area (Å²) in [7, 11) is 0. The van der Waals surface area contributed by atoms with Crippen molar-refractivity contribution in [2.24, 2.45) is 0 Å². The second-order valence-corrected chi connectivity index (χ2v) is 5.22. The molecule has 0 unspecified atom stereocenters. The molecular formula is C11H8BrCl2N3O. The van der Waals surface area contributed by atoms with Gasteiger partial charge in [0.2, 0.25) is 0 Å². The Morgan fingerprint density at radius 1 is 1.39 bits per heavy atom. The molecule has 0 saturated carbocycles. The van der Waals surface area contributed by atoms with Gasteiger partial charge in [-0.15, -0.1) is 0 Å². The predicted octanol–water partition coefficient (Wildman–Crippen LogP) is 3.45. The lowest BCUT2D eigenvalue weighted by Crippen LogP contribution is -2.11. The van der Waals surface area contributed by atoms with E-state index in [-0.39, 0.29) is 5.02 Å². The van der Waals surface area contributed by atoms with Crippen molar-refractivity contribution in [2.75, 3.05) is 5.32 Å². The van der Waals surface area contributed by atoms with Crippen LogP contribution in [0.2, 0.25) is 10.0 Å². The molecule has 0 bridgehead atoms. The van der Waals surface area contributed by atoms with E-state index in [1.807, 2.05) is 12.1 Å². The average molecular weight is 349 g/mol. The molecule has 4 nitrogen and oxygen atoms in total. The molecule has 7 heteroatoms. The van der Waals surface area contributed by atoms with E-state index in [2.05, 4.69) is 31.4 Å². The van der Waals surface area contributed by atoms with Gasteiger partial charge in [0.1, 0.15) is 5.02 Å². The third-order valence-electron chi connectivity index (χ3n) is 2.28. The summed E-state index contributed by atoms with van der Waals surface area (Å²) in [6.45, 7) is 0.455. The number of nitrogens with one attached hydrogen (secondary N) is 2. The van der Waals surface area contributed by atoms with Gasteiger partial charge in [0.15, 0.2) is 0 Å². The maximum absolute atomic E-state index is 11.2. The van der Waals surface area contributed by atoms with Crippen LogP contribution in [0.25, 0.3) is 0 Å². The van der Waals surface area contributed by atoms with Crippen LogP contribution < -0.4 is 10.9 Å². The number of rotatable bonds is 3. The van der Waals surface area contributed by atoms with Crippen LogP contribution in [0.1, 0.15) is 5.56 Å². The van der Waals surface area contributed by atoms with Crippen molar-refractivity contribution in [3.8, 4) is 0 Å². The third kappa shape index (κ3) is 3.04. The lowest BCUT2D eigenvalue weighted by atomic mass is 10.2. The van der Waals surface area contributed by atoms with Crippen LogP contribution in [-0.2, 0) is 6.54 Å². The number of H-pyrrole nitrogens is 1. The molecule has 0 amide bonds. The third-order valence-corrected chi connectivity index (χ3v) is 3.50. The molecule has 0 aliphatic heterocycles. The fourth-order valence-corrected chi connectivity index (χ4v) is 2.26. The van der Waals surface area contributed by atoms with Crippen molar-refractivity contribution in [1.29, 1.82) is 0 Å². The van der Waals surface area contributed by atoms with E-state index in [0.29, 0.717) is 17.3 Å². The van der Waals surface area contributed by atoms with E-state index in [1.54, 1.807) is 6.07 Å². The highest BCUT2D eigenvalue weighted by atomic mass is 79.9. The van der Waals surface area contributed by atoms with Gasteiger partial charge in [-0.1, -0.05) is 45.2 Å². The molecule has 0 aliphatic rings. The van der Waals surface area contributed by atoms with Gasteiger partial charge in [-0.3, -0.25) is 4.79 Å². The van der Waals surface area contributed by atoms with E-state index in [9.17, 15) is 4.79 Å². The van der Waals surface area contributed by atoms with Gasteiger partial charge in [-0.2, -0.15) is 5.10 Å². The zero-order valence-electron chi connectivity index (χ0n) is 9.01. The number of hydrogen-bond donors (Lipinski definition) is 2. The van der Waals surface area contributed by atoms with Crippen LogP contribution >= 0.6 is 39.1 Å². The fourth-order valence-electron chi connectivity index (χ4n) is 1.36. The van der Waals surface area contributed by atoms with Gasteiger partial charge in [0.05, 0.1) is 11.9 Å². The predicted molar refractivity (Wildman–Crippen MR) is 76.3 cm³/mol. The quantitative estimate of drug-likeness (QED) is 0.893. The standard InChI is InChI=1S/C11H8BrCl2N3O/c12-7-2-1-6(8(13)3-7)4-15-9-5-16-17-11(18)10(9)14/h1-3,5H,4H2,(H2,15,17,18). The Morgan fingerprint density at radius 3 is 2.89 bits per heavy atom. The van der Waals surface area contributed by atoms with Crippen LogP contribution in [0.4, 0.5) is 5.69 Å². The van der Waals surface area contributed by atoms with Gasteiger partial charge in [-0.05, 0) is 17.7 Å². The maximum atomic E-state index is 11.2. The lowest BCUT2D eigenvalue weighted by Gasteiger charge is -2.08. The summed E-state index contributed by atoms with van der Waals surface area (Å²) in [6, 6.07) is 5.57. The molecule has 1 aromatic carbocycles. The molecule has 94 valence electrons. The van der Waals surface area contributed by atoms with Gasteiger partial charge in [0.25, 0.3) is 5.56 Å². The van der Waals surface area contributed by atoms with E-state index < -0.39 is 5.56 Å². The minimum atomic E-state index is -0.427. The second kappa shape index (κ2) is 5.73. The van der Waals surface area contributed by atoms with Crippen molar-refractivity contribution in [1.82, 2.24) is 10.2 Å². The largest absolute Gasteiger partial charge is 0.378 e. The van der Waals surface area contributed by atoms with Gasteiger partial charge < -0.3 is 5.32 Å². The molecular weight excluding hydrogens is 341 g/mol. The molecule has 1 heterocycles. The van der Waals surface area contributed by atoms with Gasteiger partial charge in [0, 0.05) is 16.0 Å². The topological polar surface area (TPSA) is 57.8 Å². The Labute approximate surface area is 121 Å². The highest BCUT2D eigenvalue weighted by molar-refractivity contribution is 9.10. The van der Waals surface area contributed by atoms with Crippen molar-refractivity contribution in [2.45, 2.75) is 6.54 Å². The molecule has 2 rings (SSSR count). The average Bonchev–Trinajstić information content (AvgIpc) is 2.33. The molecule has 0 saturated heterocycles. The minimum Gasteiger partial charge on any atom is -0.378 e. The zero-order chi connectivity index (χ0) is 13.1. The van der Waals surface area contributed by atoms with E-state index in [0.717, 1.165) is 10.0 Å². The van der Waals surface area contributed by atoms with Crippen molar-refractivity contribution < 1.29 is 0 Å². The molecule has 18 heavy (non-hydrogen) atoms. The van der Waals surface area contributed by atoms with E-state index in [4.69, 9.17) is 23.2 Å². The van der Waals surface area contributed by atoms with Crippen LogP contribution in [0.15, 0.2) is 33.7 Å². The van der Waals surface area contributed by atoms with Crippen LogP contribution in [0.3, 0.4) is 0 Å². The highest BCUT2D eigenvalue weighted by Crippen LogP contribution is 2.23. The molecule has 2 N–H and O–H groups in total. The van der Waals surface area contributed by atoms with Crippen molar-refractivity contribution >= 4 is 44.8 Å². The Balaban J connectivity index is 2.16. The number of aromatic amines is 1. The summed E-state index contributed by atoms with van der Waals surface area (Å²) >= 11 is 15.3. The number of halogens is 3. The first-order valence-corrected chi connectivity index (χ1v) is 6.54. The fraction of sp³-hybridized carbons (Fsp3) is 0.0909. The van der Waals surface area contributed by atoms with E-state index >= 15 is 0 Å². The summed E-state index contributed by atoms with van der Waals surface area (Å²) in [5.74, 6) is 0. The molecule has 0 aliphatic carbocycles. The second-order valence-electron chi connectivity index (χ2n) is 3.52. The number of benzene rings is 1. The van der Waals surface area contributed by atoms with Crippen molar-refractivity contribution in [3.63, 3.8) is 0 Å². The summed E-state index contributed by atoms with van der Waals surface area (Å²) in [5.41, 5.74) is 0.944. The van der Waals surface area contributed by atoms with E-state index in [1.165, 1.54) is 6.20 Å². The zero-order valence-corrected chi connectivity index (χ0v) is 12.1. The summed E-state index contributed by atoms with van der Waals surface area (Å²) in [4.78, 5) is 11.2. The van der Waals surface area contributed by atoms with Gasteiger partial charge >= 0.3 is 0 Å². The maximum Gasteiger partial charge on any atom is 0.285 e. The molecule has 1 aromatic heterocycles. The normalized spacial score (nSPS) is 10.4. The van der Waals surface area contributed by atoms with Crippen LogP contribution in [0, 0.1) is 0 Å². The van der Waals surface area contributed by atoms with Crippen LogP contribution in [-0.4, -0.2) is 10.2 Å². The lowest BCUT2D eigenvalue weighted by molar-refractivity contribution is 0.981. The van der Waals surface area contributed by atoms with Crippen molar-refractivity contribution in [3.05, 3.63) is 54.8 Å². The smallest absolute Gasteiger partial charge is 0.285 e. The SMILES string of the molecule is O=c1[nH]ncc(NCc2ccc(Br)cc2Cl)c1Cl. The summed E-state index contributed by atoms with van der Waals surface area (Å²) in [5, 5.41) is 9.64. The first kappa shape index (κ1) is 13.4. The Bertz CT molecular complexity index is 630. The minimum absolute atomic E-state index is 0.0817. The summed E-state index contributed by atoms with van der Waals surface area (Å²) in [6.07, 6.45) is 1.45. The number of nitrogens with zero attached hydrogens (tertiary/aromatic N) is 1. The number of hydrogen-bond acceptors (Lipinski definition) is 3. The Hall–Kier alpha value is -1.04. The first-order valence-electron chi connectivity index (χ1n) is 4.99. The van der Waals surface area contributed by atoms with Crippen LogP contribution in [0.5, 0.6) is 0 Å². The summed E-state index contributed by atoms with van der Waals surface area (Å²) < 4.78 is 0.909. The molecule has 0 fully saturated rings. The molecule has 0 spiro atoms.